The van der Waals surface area contributed by atoms with E-state index in [1.807, 2.05) is 6.07 Å². The van der Waals surface area contributed by atoms with E-state index in [0.29, 0.717) is 0 Å². The quantitative estimate of drug-likeness (QED) is 0.782. The van der Waals surface area contributed by atoms with Crippen LogP contribution in [0.3, 0.4) is 0 Å². The summed E-state index contributed by atoms with van der Waals surface area (Å²) in [6.45, 7) is 5.11. The molecule has 0 N–H and O–H groups in total. The van der Waals surface area contributed by atoms with Gasteiger partial charge in [-0.05, 0) is 37.1 Å². The van der Waals surface area contributed by atoms with Crippen LogP contribution in [-0.4, -0.2) is 17.3 Å². The molecule has 106 valence electrons. The zero-order valence-electron chi connectivity index (χ0n) is 12.3. The minimum absolute atomic E-state index is 0.299. The Labute approximate surface area is 124 Å². The molecule has 21 heavy (non-hydrogen) atoms. The Kier molecular flexibility index (Phi) is 2.58. The van der Waals surface area contributed by atoms with Crippen molar-refractivity contribution in [2.45, 2.75) is 25.9 Å². The highest BCUT2D eigenvalue weighted by Gasteiger charge is 2.40. The van der Waals surface area contributed by atoms with E-state index in [4.69, 9.17) is 9.73 Å². The lowest BCUT2D eigenvalue weighted by molar-refractivity contribution is 0.0395. The van der Waals surface area contributed by atoms with Crippen molar-refractivity contribution < 1.29 is 4.74 Å². The van der Waals surface area contributed by atoms with Crippen LogP contribution in [0, 0.1) is 0 Å². The van der Waals surface area contributed by atoms with Crippen molar-refractivity contribution in [3.05, 3.63) is 71.3 Å². The lowest BCUT2D eigenvalue weighted by atomic mass is 9.90. The second kappa shape index (κ2) is 4.35. The molecule has 0 amide bonds. The molecule has 4 rings (SSSR count). The number of benzene rings is 1. The van der Waals surface area contributed by atoms with Crippen molar-refractivity contribution in [1.82, 2.24) is 4.90 Å². The van der Waals surface area contributed by atoms with E-state index >= 15 is 0 Å². The van der Waals surface area contributed by atoms with E-state index in [-0.39, 0.29) is 5.60 Å². The summed E-state index contributed by atoms with van der Waals surface area (Å²) in [4.78, 5) is 6.90. The standard InChI is InChI=1S/C18H18N2O/c1-13-8-9-20-12-14-11-18(2,15-6-4-3-5-7-15)21-17(14)19-16(20)10-13/h3-10H,11-12H2,1-2H3/t18-/m1/s1. The van der Waals surface area contributed by atoms with Gasteiger partial charge in [0, 0.05) is 18.2 Å². The number of rotatable bonds is 1. The summed E-state index contributed by atoms with van der Waals surface area (Å²) in [5.41, 5.74) is 3.41. The Hall–Kier alpha value is -2.29. The van der Waals surface area contributed by atoms with Gasteiger partial charge < -0.3 is 9.64 Å². The number of ether oxygens (including phenoxy) is 1. The van der Waals surface area contributed by atoms with Crippen LogP contribution in [0.1, 0.15) is 25.8 Å². The van der Waals surface area contributed by atoms with Crippen LogP contribution < -0.4 is 0 Å². The second-order valence-corrected chi connectivity index (χ2v) is 6.09. The van der Waals surface area contributed by atoms with Gasteiger partial charge in [-0.3, -0.25) is 0 Å². The molecular formula is C18H18N2O. The van der Waals surface area contributed by atoms with Gasteiger partial charge in [-0.25, -0.2) is 0 Å². The van der Waals surface area contributed by atoms with Crippen LogP contribution in [0.2, 0.25) is 0 Å². The number of nitrogens with zero attached hydrogens (tertiary/aromatic N) is 2. The fourth-order valence-electron chi connectivity index (χ4n) is 3.14. The minimum Gasteiger partial charge on any atom is -0.466 e. The Morgan fingerprint density at radius 1 is 1.24 bits per heavy atom. The summed E-state index contributed by atoms with van der Waals surface area (Å²) >= 11 is 0. The predicted octanol–water partition coefficient (Wildman–Crippen LogP) is 3.72. The second-order valence-electron chi connectivity index (χ2n) is 6.09. The number of hydrogen-bond donors (Lipinski definition) is 0. The number of fused-ring (bicyclic) bond motifs is 1. The van der Waals surface area contributed by atoms with Gasteiger partial charge in [0.1, 0.15) is 11.4 Å². The normalized spacial score (nSPS) is 26.9. The van der Waals surface area contributed by atoms with Crippen LogP contribution in [-0.2, 0) is 10.3 Å². The maximum atomic E-state index is 6.24. The lowest BCUT2D eigenvalue weighted by Gasteiger charge is -2.27. The molecule has 1 atom stereocenters. The first kappa shape index (κ1) is 12.5. The molecule has 3 aliphatic rings. The molecule has 0 bridgehead atoms. The average molecular weight is 278 g/mol. The molecular weight excluding hydrogens is 260 g/mol. The van der Waals surface area contributed by atoms with E-state index in [0.717, 1.165) is 24.7 Å². The van der Waals surface area contributed by atoms with Crippen molar-refractivity contribution in [3.8, 4) is 0 Å². The van der Waals surface area contributed by atoms with Gasteiger partial charge in [-0.2, -0.15) is 4.99 Å². The fraction of sp³-hybridized carbons (Fsp3) is 0.278. The minimum atomic E-state index is -0.299. The molecule has 3 nitrogen and oxygen atoms in total. The van der Waals surface area contributed by atoms with Gasteiger partial charge in [0.25, 0.3) is 0 Å². The van der Waals surface area contributed by atoms with Gasteiger partial charge in [0.05, 0.1) is 6.54 Å². The summed E-state index contributed by atoms with van der Waals surface area (Å²) < 4.78 is 6.24. The Morgan fingerprint density at radius 3 is 2.86 bits per heavy atom. The van der Waals surface area contributed by atoms with Crippen molar-refractivity contribution in [1.29, 1.82) is 0 Å². The van der Waals surface area contributed by atoms with Gasteiger partial charge >= 0.3 is 0 Å². The maximum Gasteiger partial charge on any atom is 0.217 e. The van der Waals surface area contributed by atoms with Crippen LogP contribution in [0.4, 0.5) is 0 Å². The van der Waals surface area contributed by atoms with Gasteiger partial charge in [-0.15, -0.1) is 0 Å². The molecule has 0 radical (unpaired) electrons. The van der Waals surface area contributed by atoms with E-state index in [2.05, 4.69) is 61.4 Å². The maximum absolute atomic E-state index is 6.24. The summed E-state index contributed by atoms with van der Waals surface area (Å²) in [7, 11) is 0. The third-order valence-corrected chi connectivity index (χ3v) is 4.31. The van der Waals surface area contributed by atoms with Gasteiger partial charge in [0.15, 0.2) is 0 Å². The molecule has 0 unspecified atom stereocenters. The van der Waals surface area contributed by atoms with E-state index in [1.54, 1.807) is 0 Å². The highest BCUT2D eigenvalue weighted by atomic mass is 16.5. The van der Waals surface area contributed by atoms with Crippen molar-refractivity contribution in [3.63, 3.8) is 0 Å². The third kappa shape index (κ3) is 2.00. The van der Waals surface area contributed by atoms with E-state index in [9.17, 15) is 0 Å². The zero-order chi connectivity index (χ0) is 14.4. The van der Waals surface area contributed by atoms with Crippen LogP contribution in [0.5, 0.6) is 0 Å². The summed E-state index contributed by atoms with van der Waals surface area (Å²) in [5, 5.41) is 0. The van der Waals surface area contributed by atoms with Crippen molar-refractivity contribution in [2.75, 3.05) is 6.54 Å². The third-order valence-electron chi connectivity index (χ3n) is 4.31. The highest BCUT2D eigenvalue weighted by Crippen LogP contribution is 2.43. The molecule has 0 saturated carbocycles. The van der Waals surface area contributed by atoms with Crippen LogP contribution >= 0.6 is 0 Å². The van der Waals surface area contributed by atoms with Crippen molar-refractivity contribution in [2.24, 2.45) is 4.99 Å². The monoisotopic (exact) mass is 278 g/mol. The van der Waals surface area contributed by atoms with Crippen molar-refractivity contribution >= 4 is 5.84 Å². The number of hydrogen-bond acceptors (Lipinski definition) is 3. The summed E-state index contributed by atoms with van der Waals surface area (Å²) in [5.74, 6) is 1.79. The number of allylic oxidation sites excluding steroid dienone is 2. The number of amidine groups is 1. The van der Waals surface area contributed by atoms with Gasteiger partial charge in [-0.1, -0.05) is 30.3 Å². The Bertz CT molecular complexity index is 712. The molecule has 1 aromatic carbocycles. The zero-order valence-corrected chi connectivity index (χ0v) is 12.3. The fourth-order valence-corrected chi connectivity index (χ4v) is 3.14. The van der Waals surface area contributed by atoms with Crippen LogP contribution in [0.15, 0.2) is 70.7 Å². The molecule has 0 saturated heterocycles. The number of aliphatic imine (C=N–C) groups is 1. The average Bonchev–Trinajstić information content (AvgIpc) is 2.82. The largest absolute Gasteiger partial charge is 0.466 e. The molecule has 1 aromatic rings. The first-order valence-corrected chi connectivity index (χ1v) is 7.32. The molecule has 0 spiro atoms. The molecule has 3 aliphatic heterocycles. The smallest absolute Gasteiger partial charge is 0.217 e. The van der Waals surface area contributed by atoms with E-state index in [1.165, 1.54) is 16.7 Å². The van der Waals surface area contributed by atoms with Crippen LogP contribution in [0.25, 0.3) is 0 Å². The van der Waals surface area contributed by atoms with Gasteiger partial charge in [0.2, 0.25) is 5.88 Å². The Morgan fingerprint density at radius 2 is 2.05 bits per heavy atom. The first-order chi connectivity index (χ1) is 10.1. The summed E-state index contributed by atoms with van der Waals surface area (Å²) in [6, 6.07) is 10.4. The SMILES string of the molecule is CC1=CC2=NC3=C(CN2C=C1)C[C@](C)(c1ccccc1)O3. The van der Waals surface area contributed by atoms with E-state index < -0.39 is 0 Å². The summed E-state index contributed by atoms with van der Waals surface area (Å²) in [6.07, 6.45) is 7.23. The molecule has 0 fully saturated rings. The molecule has 3 heterocycles. The lowest BCUT2D eigenvalue weighted by Crippen LogP contribution is -2.31. The Balaban J connectivity index is 1.66. The molecule has 0 aliphatic carbocycles. The first-order valence-electron chi connectivity index (χ1n) is 7.32. The highest BCUT2D eigenvalue weighted by molar-refractivity contribution is 5.97. The molecule has 3 heteroatoms. The molecule has 0 aromatic heterocycles. The predicted molar refractivity (Wildman–Crippen MR) is 83.6 cm³/mol. The topological polar surface area (TPSA) is 24.8 Å².